The van der Waals surface area contributed by atoms with E-state index in [4.69, 9.17) is 10.5 Å². The van der Waals surface area contributed by atoms with Crippen LogP contribution < -0.4 is 11.1 Å². The van der Waals surface area contributed by atoms with Crippen LogP contribution in [-0.2, 0) is 11.3 Å². The normalized spacial score (nSPS) is 10.5. The van der Waals surface area contributed by atoms with Gasteiger partial charge in [0.1, 0.15) is 0 Å². The standard InChI is InChI=1S/C12H20N2O/c13-7-4-8-14-9-10-15-11-12-5-2-1-3-6-12/h1-3,5-6,14H,4,7-11,13H2. The van der Waals surface area contributed by atoms with Crippen molar-refractivity contribution in [2.75, 3.05) is 26.2 Å². The highest BCUT2D eigenvalue weighted by atomic mass is 16.5. The first-order valence-corrected chi connectivity index (χ1v) is 5.46. The van der Waals surface area contributed by atoms with Gasteiger partial charge in [0, 0.05) is 6.54 Å². The van der Waals surface area contributed by atoms with Gasteiger partial charge in [-0.25, -0.2) is 0 Å². The van der Waals surface area contributed by atoms with Crippen molar-refractivity contribution >= 4 is 0 Å². The summed E-state index contributed by atoms with van der Waals surface area (Å²) in [6.45, 7) is 4.06. The number of ether oxygens (including phenoxy) is 1. The molecular formula is C12H20N2O. The Labute approximate surface area is 91.6 Å². The van der Waals surface area contributed by atoms with E-state index in [9.17, 15) is 0 Å². The minimum atomic E-state index is 0.694. The van der Waals surface area contributed by atoms with Crippen LogP contribution in [-0.4, -0.2) is 26.2 Å². The highest BCUT2D eigenvalue weighted by Crippen LogP contribution is 1.99. The average Bonchev–Trinajstić information content (AvgIpc) is 2.29. The lowest BCUT2D eigenvalue weighted by atomic mass is 10.2. The molecule has 0 fully saturated rings. The molecule has 1 rings (SSSR count). The smallest absolute Gasteiger partial charge is 0.0717 e. The molecule has 0 aliphatic carbocycles. The maximum Gasteiger partial charge on any atom is 0.0717 e. The molecule has 0 unspecified atom stereocenters. The molecule has 1 aromatic carbocycles. The van der Waals surface area contributed by atoms with Crippen molar-refractivity contribution in [3.8, 4) is 0 Å². The van der Waals surface area contributed by atoms with E-state index in [2.05, 4.69) is 17.4 Å². The van der Waals surface area contributed by atoms with Gasteiger partial charge in [0.05, 0.1) is 13.2 Å². The summed E-state index contributed by atoms with van der Waals surface area (Å²) in [5.74, 6) is 0. The number of nitrogens with one attached hydrogen (secondary N) is 1. The fraction of sp³-hybridized carbons (Fsp3) is 0.500. The van der Waals surface area contributed by atoms with Gasteiger partial charge < -0.3 is 15.8 Å². The van der Waals surface area contributed by atoms with E-state index in [0.717, 1.165) is 32.7 Å². The Morgan fingerprint density at radius 3 is 2.67 bits per heavy atom. The molecule has 0 aliphatic heterocycles. The van der Waals surface area contributed by atoms with Crippen molar-refractivity contribution in [1.82, 2.24) is 5.32 Å². The van der Waals surface area contributed by atoms with E-state index in [-0.39, 0.29) is 0 Å². The summed E-state index contributed by atoms with van der Waals surface area (Å²) in [5.41, 5.74) is 6.60. The van der Waals surface area contributed by atoms with Gasteiger partial charge in [-0.05, 0) is 25.1 Å². The lowest BCUT2D eigenvalue weighted by Crippen LogP contribution is -2.22. The second-order valence-corrected chi connectivity index (χ2v) is 3.43. The fourth-order valence-corrected chi connectivity index (χ4v) is 1.26. The first kappa shape index (κ1) is 12.2. The molecule has 0 aliphatic rings. The second kappa shape index (κ2) is 8.41. The Morgan fingerprint density at radius 1 is 1.13 bits per heavy atom. The van der Waals surface area contributed by atoms with Crippen LogP contribution in [0.25, 0.3) is 0 Å². The van der Waals surface area contributed by atoms with Gasteiger partial charge in [0.25, 0.3) is 0 Å². The van der Waals surface area contributed by atoms with E-state index in [1.807, 2.05) is 18.2 Å². The Morgan fingerprint density at radius 2 is 1.93 bits per heavy atom. The Balaban J connectivity index is 1.93. The summed E-state index contributed by atoms with van der Waals surface area (Å²) >= 11 is 0. The van der Waals surface area contributed by atoms with Crippen molar-refractivity contribution in [1.29, 1.82) is 0 Å². The fourth-order valence-electron chi connectivity index (χ4n) is 1.26. The number of hydrogen-bond acceptors (Lipinski definition) is 3. The maximum absolute atomic E-state index is 5.51. The predicted molar refractivity (Wildman–Crippen MR) is 62.6 cm³/mol. The van der Waals surface area contributed by atoms with E-state index < -0.39 is 0 Å². The van der Waals surface area contributed by atoms with E-state index >= 15 is 0 Å². The van der Waals surface area contributed by atoms with Gasteiger partial charge in [-0.1, -0.05) is 30.3 Å². The highest BCUT2D eigenvalue weighted by molar-refractivity contribution is 5.13. The summed E-state index contributed by atoms with van der Waals surface area (Å²) in [6.07, 6.45) is 1.03. The maximum atomic E-state index is 5.51. The van der Waals surface area contributed by atoms with Crippen molar-refractivity contribution in [3.63, 3.8) is 0 Å². The molecule has 84 valence electrons. The van der Waals surface area contributed by atoms with Gasteiger partial charge in [-0.15, -0.1) is 0 Å². The van der Waals surface area contributed by atoms with Gasteiger partial charge in [0.15, 0.2) is 0 Å². The van der Waals surface area contributed by atoms with Gasteiger partial charge >= 0.3 is 0 Å². The van der Waals surface area contributed by atoms with Crippen LogP contribution >= 0.6 is 0 Å². The lowest BCUT2D eigenvalue weighted by molar-refractivity contribution is 0.123. The number of benzene rings is 1. The molecule has 0 spiro atoms. The molecule has 0 aromatic heterocycles. The molecule has 0 heterocycles. The van der Waals surface area contributed by atoms with Crippen molar-refractivity contribution < 1.29 is 4.74 Å². The van der Waals surface area contributed by atoms with Crippen LogP contribution in [0.5, 0.6) is 0 Å². The van der Waals surface area contributed by atoms with Crippen LogP contribution in [0.1, 0.15) is 12.0 Å². The van der Waals surface area contributed by atoms with Crippen LogP contribution in [0.15, 0.2) is 30.3 Å². The Hall–Kier alpha value is -0.900. The molecule has 0 radical (unpaired) electrons. The largest absolute Gasteiger partial charge is 0.375 e. The van der Waals surface area contributed by atoms with Crippen molar-refractivity contribution in [2.45, 2.75) is 13.0 Å². The summed E-state index contributed by atoms with van der Waals surface area (Å²) in [4.78, 5) is 0. The Bertz CT molecular complexity index is 239. The van der Waals surface area contributed by atoms with E-state index in [1.165, 1.54) is 5.56 Å². The molecule has 3 N–H and O–H groups in total. The zero-order chi connectivity index (χ0) is 10.8. The monoisotopic (exact) mass is 208 g/mol. The molecule has 3 heteroatoms. The predicted octanol–water partition coefficient (Wildman–Crippen LogP) is 1.14. The summed E-state index contributed by atoms with van der Waals surface area (Å²) in [6, 6.07) is 10.2. The minimum absolute atomic E-state index is 0.694. The van der Waals surface area contributed by atoms with Crippen LogP contribution in [0.3, 0.4) is 0 Å². The highest BCUT2D eigenvalue weighted by Gasteiger charge is 1.91. The summed E-state index contributed by atoms with van der Waals surface area (Å²) < 4.78 is 5.51. The van der Waals surface area contributed by atoms with Crippen LogP contribution in [0.4, 0.5) is 0 Å². The molecule has 3 nitrogen and oxygen atoms in total. The third-order valence-corrected chi connectivity index (χ3v) is 2.09. The first-order chi connectivity index (χ1) is 7.43. The SMILES string of the molecule is NCCCNCCOCc1ccccc1. The minimum Gasteiger partial charge on any atom is -0.375 e. The van der Waals surface area contributed by atoms with Gasteiger partial charge in [-0.3, -0.25) is 0 Å². The van der Waals surface area contributed by atoms with Gasteiger partial charge in [0.2, 0.25) is 0 Å². The van der Waals surface area contributed by atoms with Crippen molar-refractivity contribution in [3.05, 3.63) is 35.9 Å². The van der Waals surface area contributed by atoms with E-state index in [1.54, 1.807) is 0 Å². The quantitative estimate of drug-likeness (QED) is 0.630. The molecular weight excluding hydrogens is 188 g/mol. The number of rotatable bonds is 8. The van der Waals surface area contributed by atoms with Crippen molar-refractivity contribution in [2.24, 2.45) is 5.73 Å². The molecule has 1 aromatic rings. The first-order valence-electron chi connectivity index (χ1n) is 5.46. The third-order valence-electron chi connectivity index (χ3n) is 2.09. The summed E-state index contributed by atoms with van der Waals surface area (Å²) in [7, 11) is 0. The Kier molecular flexibility index (Phi) is 6.83. The van der Waals surface area contributed by atoms with E-state index in [0.29, 0.717) is 6.61 Å². The van der Waals surface area contributed by atoms with Gasteiger partial charge in [-0.2, -0.15) is 0 Å². The van der Waals surface area contributed by atoms with Crippen LogP contribution in [0.2, 0.25) is 0 Å². The molecule has 15 heavy (non-hydrogen) atoms. The molecule has 0 amide bonds. The molecule has 0 bridgehead atoms. The third kappa shape index (κ3) is 6.23. The zero-order valence-electron chi connectivity index (χ0n) is 9.11. The van der Waals surface area contributed by atoms with Crippen LogP contribution in [0, 0.1) is 0 Å². The molecule has 0 saturated carbocycles. The second-order valence-electron chi connectivity index (χ2n) is 3.43. The average molecular weight is 208 g/mol. The lowest BCUT2D eigenvalue weighted by Gasteiger charge is -2.05. The molecule has 0 atom stereocenters. The molecule has 0 saturated heterocycles. The summed E-state index contributed by atoms with van der Waals surface area (Å²) in [5, 5.41) is 3.27. The number of nitrogens with two attached hydrogens (primary N) is 1. The zero-order valence-corrected chi connectivity index (χ0v) is 9.11. The topological polar surface area (TPSA) is 47.3 Å². The number of hydrogen-bond donors (Lipinski definition) is 2.